The zero-order valence-electron chi connectivity index (χ0n) is 8.49. The van der Waals surface area contributed by atoms with Crippen LogP contribution < -0.4 is 5.73 Å². The Morgan fingerprint density at radius 3 is 2.85 bits per heavy atom. The molecule has 0 aromatic carbocycles. The third kappa shape index (κ3) is 1.27. The standard InChI is InChI=1S/C10H17N3/c1-10(2,3)9-6-7(11)8-4-5-12-13(8)9/h4-5,7,9H,6,11H2,1-3H3/t7-,9+/m1/s1. The van der Waals surface area contributed by atoms with Crippen molar-refractivity contribution in [2.45, 2.75) is 39.3 Å². The number of nitrogens with zero attached hydrogens (tertiary/aromatic N) is 2. The van der Waals surface area contributed by atoms with Crippen molar-refractivity contribution in [2.24, 2.45) is 11.1 Å². The average Bonchev–Trinajstić information content (AvgIpc) is 2.51. The molecular formula is C10H17N3. The van der Waals surface area contributed by atoms with Gasteiger partial charge in [-0.15, -0.1) is 0 Å². The fourth-order valence-electron chi connectivity index (χ4n) is 2.06. The van der Waals surface area contributed by atoms with Gasteiger partial charge in [0.05, 0.1) is 11.7 Å². The molecule has 0 bridgehead atoms. The highest BCUT2D eigenvalue weighted by molar-refractivity contribution is 5.14. The molecule has 3 heteroatoms. The quantitative estimate of drug-likeness (QED) is 0.660. The van der Waals surface area contributed by atoms with Crippen molar-refractivity contribution in [2.75, 3.05) is 0 Å². The molecule has 0 spiro atoms. The van der Waals surface area contributed by atoms with Gasteiger partial charge in [-0.2, -0.15) is 5.10 Å². The highest BCUT2D eigenvalue weighted by Gasteiger charge is 2.36. The number of rotatable bonds is 0. The molecule has 0 fully saturated rings. The number of aromatic nitrogens is 2. The predicted molar refractivity (Wildman–Crippen MR) is 52.3 cm³/mol. The minimum atomic E-state index is 0.173. The Bertz CT molecular complexity index is 308. The summed E-state index contributed by atoms with van der Waals surface area (Å²) in [4.78, 5) is 0. The maximum atomic E-state index is 6.02. The van der Waals surface area contributed by atoms with E-state index < -0.39 is 0 Å². The van der Waals surface area contributed by atoms with E-state index in [0.717, 1.165) is 6.42 Å². The molecule has 0 saturated carbocycles. The molecule has 72 valence electrons. The normalized spacial score (nSPS) is 27.7. The van der Waals surface area contributed by atoms with Crippen LogP contribution in [0.3, 0.4) is 0 Å². The molecule has 0 aliphatic carbocycles. The summed E-state index contributed by atoms with van der Waals surface area (Å²) in [6.45, 7) is 6.71. The lowest BCUT2D eigenvalue weighted by Crippen LogP contribution is -2.22. The molecule has 0 amide bonds. The summed E-state index contributed by atoms with van der Waals surface area (Å²) in [5.74, 6) is 0. The average molecular weight is 179 g/mol. The van der Waals surface area contributed by atoms with E-state index in [1.54, 1.807) is 0 Å². The molecule has 2 heterocycles. The fourth-order valence-corrected chi connectivity index (χ4v) is 2.06. The van der Waals surface area contributed by atoms with Gasteiger partial charge in [0, 0.05) is 12.2 Å². The molecule has 1 aliphatic heterocycles. The maximum absolute atomic E-state index is 6.02. The second kappa shape index (κ2) is 2.58. The lowest BCUT2D eigenvalue weighted by Gasteiger charge is -2.27. The summed E-state index contributed by atoms with van der Waals surface area (Å²) in [6.07, 6.45) is 2.86. The zero-order valence-corrected chi connectivity index (χ0v) is 8.49. The van der Waals surface area contributed by atoms with E-state index in [1.165, 1.54) is 5.69 Å². The van der Waals surface area contributed by atoms with E-state index in [4.69, 9.17) is 5.73 Å². The molecule has 1 aliphatic rings. The van der Waals surface area contributed by atoms with Gasteiger partial charge in [-0.1, -0.05) is 20.8 Å². The van der Waals surface area contributed by atoms with Crippen molar-refractivity contribution in [3.8, 4) is 0 Å². The number of hydrogen-bond acceptors (Lipinski definition) is 2. The summed E-state index contributed by atoms with van der Waals surface area (Å²) < 4.78 is 2.09. The van der Waals surface area contributed by atoms with E-state index in [1.807, 2.05) is 12.3 Å². The molecule has 1 aromatic heterocycles. The van der Waals surface area contributed by atoms with Crippen LogP contribution in [0.5, 0.6) is 0 Å². The number of hydrogen-bond donors (Lipinski definition) is 1. The van der Waals surface area contributed by atoms with E-state index in [-0.39, 0.29) is 11.5 Å². The minimum absolute atomic E-state index is 0.173. The first-order valence-corrected chi connectivity index (χ1v) is 4.79. The Labute approximate surface area is 78.9 Å². The Balaban J connectivity index is 2.39. The molecule has 0 unspecified atom stereocenters. The summed E-state index contributed by atoms with van der Waals surface area (Å²) in [6, 6.07) is 2.65. The van der Waals surface area contributed by atoms with Gasteiger partial charge in [-0.25, -0.2) is 0 Å². The van der Waals surface area contributed by atoms with Crippen LogP contribution in [-0.2, 0) is 0 Å². The third-order valence-electron chi connectivity index (χ3n) is 2.85. The Morgan fingerprint density at radius 2 is 2.23 bits per heavy atom. The van der Waals surface area contributed by atoms with Crippen LogP contribution in [0.1, 0.15) is 45.0 Å². The monoisotopic (exact) mass is 179 g/mol. The van der Waals surface area contributed by atoms with Gasteiger partial charge in [-0.05, 0) is 17.9 Å². The number of nitrogens with two attached hydrogens (primary N) is 1. The maximum Gasteiger partial charge on any atom is 0.0590 e. The lowest BCUT2D eigenvalue weighted by molar-refractivity contribution is 0.230. The Kier molecular flexibility index (Phi) is 1.74. The third-order valence-corrected chi connectivity index (χ3v) is 2.85. The van der Waals surface area contributed by atoms with E-state index in [9.17, 15) is 0 Å². The zero-order chi connectivity index (χ0) is 9.64. The summed E-state index contributed by atoms with van der Waals surface area (Å²) in [7, 11) is 0. The molecule has 3 nitrogen and oxygen atoms in total. The van der Waals surface area contributed by atoms with Crippen molar-refractivity contribution in [1.29, 1.82) is 0 Å². The second-order valence-corrected chi connectivity index (χ2v) is 4.92. The van der Waals surface area contributed by atoms with Gasteiger partial charge in [0.1, 0.15) is 0 Å². The van der Waals surface area contributed by atoms with Crippen LogP contribution in [0.15, 0.2) is 12.3 Å². The van der Waals surface area contributed by atoms with Gasteiger partial charge in [-0.3, -0.25) is 4.68 Å². The molecule has 0 saturated heterocycles. The van der Waals surface area contributed by atoms with Crippen LogP contribution in [0, 0.1) is 5.41 Å². The summed E-state index contributed by atoms with van der Waals surface area (Å²) >= 11 is 0. The molecule has 2 rings (SSSR count). The number of fused-ring (bicyclic) bond motifs is 1. The molecular weight excluding hydrogens is 162 g/mol. The van der Waals surface area contributed by atoms with Gasteiger partial charge >= 0.3 is 0 Å². The predicted octanol–water partition coefficient (Wildman–Crippen LogP) is 1.87. The molecule has 1 aromatic rings. The van der Waals surface area contributed by atoms with Crippen LogP contribution in [-0.4, -0.2) is 9.78 Å². The smallest absolute Gasteiger partial charge is 0.0590 e. The molecule has 2 N–H and O–H groups in total. The first-order valence-electron chi connectivity index (χ1n) is 4.79. The van der Waals surface area contributed by atoms with Gasteiger partial charge in [0.2, 0.25) is 0 Å². The van der Waals surface area contributed by atoms with E-state index in [2.05, 4.69) is 30.6 Å². The van der Waals surface area contributed by atoms with E-state index in [0.29, 0.717) is 6.04 Å². The minimum Gasteiger partial charge on any atom is -0.323 e. The second-order valence-electron chi connectivity index (χ2n) is 4.92. The Morgan fingerprint density at radius 1 is 1.54 bits per heavy atom. The van der Waals surface area contributed by atoms with Crippen molar-refractivity contribution >= 4 is 0 Å². The van der Waals surface area contributed by atoms with Crippen molar-refractivity contribution in [3.05, 3.63) is 18.0 Å². The Hall–Kier alpha value is -0.830. The highest BCUT2D eigenvalue weighted by atomic mass is 15.3. The summed E-state index contributed by atoms with van der Waals surface area (Å²) in [5, 5.41) is 4.33. The van der Waals surface area contributed by atoms with Gasteiger partial charge < -0.3 is 5.73 Å². The first kappa shape index (κ1) is 8.75. The van der Waals surface area contributed by atoms with Crippen molar-refractivity contribution < 1.29 is 0 Å². The first-order chi connectivity index (χ1) is 6.00. The van der Waals surface area contributed by atoms with E-state index >= 15 is 0 Å². The van der Waals surface area contributed by atoms with Crippen molar-refractivity contribution in [3.63, 3.8) is 0 Å². The molecule has 0 radical (unpaired) electrons. The molecule has 13 heavy (non-hydrogen) atoms. The largest absolute Gasteiger partial charge is 0.323 e. The van der Waals surface area contributed by atoms with Gasteiger partial charge in [0.25, 0.3) is 0 Å². The van der Waals surface area contributed by atoms with Gasteiger partial charge in [0.15, 0.2) is 0 Å². The molecule has 2 atom stereocenters. The van der Waals surface area contributed by atoms with Crippen LogP contribution in [0.25, 0.3) is 0 Å². The van der Waals surface area contributed by atoms with Crippen molar-refractivity contribution in [1.82, 2.24) is 9.78 Å². The topological polar surface area (TPSA) is 43.8 Å². The highest BCUT2D eigenvalue weighted by Crippen LogP contribution is 2.42. The van der Waals surface area contributed by atoms with Crippen LogP contribution >= 0.6 is 0 Å². The fraction of sp³-hybridized carbons (Fsp3) is 0.700. The lowest BCUT2D eigenvalue weighted by atomic mass is 9.85. The van der Waals surface area contributed by atoms with Crippen LogP contribution in [0.2, 0.25) is 0 Å². The summed E-state index contributed by atoms with van der Waals surface area (Å²) in [5.41, 5.74) is 7.44. The SMILES string of the molecule is CC(C)(C)[C@@H]1C[C@@H](N)c2ccnn21. The van der Waals surface area contributed by atoms with Crippen LogP contribution in [0.4, 0.5) is 0 Å².